The number of aromatic nitrogens is 2. The molecular weight excluding hydrogens is 326 g/mol. The van der Waals surface area contributed by atoms with E-state index in [1.54, 1.807) is 36.6 Å². The van der Waals surface area contributed by atoms with Crippen molar-refractivity contribution in [3.05, 3.63) is 64.3 Å². The van der Waals surface area contributed by atoms with Gasteiger partial charge in [0.15, 0.2) is 0 Å². The predicted octanol–water partition coefficient (Wildman–Crippen LogP) is 1.35. The Kier molecular flexibility index (Phi) is 4.25. The molecule has 1 aromatic carbocycles. The largest absolute Gasteiger partial charge is 0.465 e. The molecule has 0 radical (unpaired) electrons. The van der Waals surface area contributed by atoms with Crippen LogP contribution in [0.25, 0.3) is 10.9 Å². The van der Waals surface area contributed by atoms with E-state index in [1.807, 2.05) is 0 Å². The zero-order valence-electron chi connectivity index (χ0n) is 13.5. The van der Waals surface area contributed by atoms with Crippen molar-refractivity contribution in [2.45, 2.75) is 0 Å². The van der Waals surface area contributed by atoms with Crippen LogP contribution in [0, 0.1) is 0 Å². The van der Waals surface area contributed by atoms with Gasteiger partial charge in [-0.05, 0) is 30.4 Å². The maximum Gasteiger partial charge on any atom is 0.355 e. The molecule has 3 rings (SSSR count). The second kappa shape index (κ2) is 6.52. The molecule has 0 unspecified atom stereocenters. The molecule has 1 aromatic heterocycles. The molecule has 1 aliphatic heterocycles. The minimum Gasteiger partial charge on any atom is -0.465 e. The summed E-state index contributed by atoms with van der Waals surface area (Å²) in [5, 5.41) is 5.66. The molecular formula is C17H15N3O5. The number of hydrogen-bond acceptors (Lipinski definition) is 6. The average Bonchev–Trinajstić information content (AvgIpc) is 2.87. The molecule has 128 valence electrons. The molecule has 2 aromatic rings. The summed E-state index contributed by atoms with van der Waals surface area (Å²) >= 11 is 0. The lowest BCUT2D eigenvalue weighted by molar-refractivity contribution is -0.139. The summed E-state index contributed by atoms with van der Waals surface area (Å²) in [7, 11) is 2.45. The standard InChI is InChI=1S/C17H15N3O5/c1-24-16(22)11-5-3-4-8-20(14(11)17(23)25-2)10-6-7-13-12(9-10)15(21)19-18-13/h3-9H,1-2H3,(H2,18,19,21). The molecule has 0 bridgehead atoms. The van der Waals surface area contributed by atoms with Crippen LogP contribution in [0.2, 0.25) is 0 Å². The van der Waals surface area contributed by atoms with Crippen LogP contribution in [0.15, 0.2) is 58.7 Å². The second-order valence-corrected chi connectivity index (χ2v) is 5.13. The normalized spacial score (nSPS) is 13.9. The van der Waals surface area contributed by atoms with Crippen molar-refractivity contribution in [1.29, 1.82) is 0 Å². The fraction of sp³-hybridized carbons (Fsp3) is 0.118. The van der Waals surface area contributed by atoms with Gasteiger partial charge in [-0.1, -0.05) is 6.08 Å². The van der Waals surface area contributed by atoms with E-state index < -0.39 is 11.9 Å². The number of allylic oxidation sites excluding steroid dienone is 2. The van der Waals surface area contributed by atoms with Gasteiger partial charge in [0.05, 0.1) is 30.7 Å². The number of nitrogens with zero attached hydrogens (tertiary/aromatic N) is 1. The Morgan fingerprint density at radius 3 is 2.52 bits per heavy atom. The molecule has 0 amide bonds. The van der Waals surface area contributed by atoms with Gasteiger partial charge in [0.1, 0.15) is 5.70 Å². The van der Waals surface area contributed by atoms with Crippen molar-refractivity contribution >= 4 is 28.5 Å². The first-order valence-corrected chi connectivity index (χ1v) is 7.32. The summed E-state index contributed by atoms with van der Waals surface area (Å²) in [6.45, 7) is 0. The van der Waals surface area contributed by atoms with Gasteiger partial charge in [0.25, 0.3) is 5.56 Å². The number of anilines is 1. The lowest BCUT2D eigenvalue weighted by atomic mass is 10.1. The number of esters is 2. The van der Waals surface area contributed by atoms with Crippen LogP contribution in [-0.4, -0.2) is 36.4 Å². The van der Waals surface area contributed by atoms with Gasteiger partial charge in [0, 0.05) is 11.9 Å². The van der Waals surface area contributed by atoms with Crippen LogP contribution >= 0.6 is 0 Å². The number of benzene rings is 1. The number of aromatic amines is 2. The third kappa shape index (κ3) is 2.85. The molecule has 8 heteroatoms. The van der Waals surface area contributed by atoms with Gasteiger partial charge in [-0.15, -0.1) is 0 Å². The molecule has 0 saturated heterocycles. The van der Waals surface area contributed by atoms with Crippen LogP contribution in [0.5, 0.6) is 0 Å². The number of H-pyrrole nitrogens is 2. The molecule has 0 aliphatic carbocycles. The number of carbonyl (C=O) groups is 2. The van der Waals surface area contributed by atoms with Gasteiger partial charge in [-0.25, -0.2) is 9.59 Å². The highest BCUT2D eigenvalue weighted by molar-refractivity contribution is 6.05. The van der Waals surface area contributed by atoms with E-state index in [-0.39, 0.29) is 16.8 Å². The number of rotatable bonds is 3. The third-order valence-corrected chi connectivity index (χ3v) is 3.73. The predicted molar refractivity (Wildman–Crippen MR) is 90.7 cm³/mol. The molecule has 25 heavy (non-hydrogen) atoms. The summed E-state index contributed by atoms with van der Waals surface area (Å²) in [6, 6.07) is 5.01. The minimum absolute atomic E-state index is 0.00864. The highest BCUT2D eigenvalue weighted by Gasteiger charge is 2.27. The molecule has 0 fully saturated rings. The third-order valence-electron chi connectivity index (χ3n) is 3.73. The Morgan fingerprint density at radius 1 is 1.04 bits per heavy atom. The summed E-state index contributed by atoms with van der Waals surface area (Å²) in [5.74, 6) is -1.38. The first-order valence-electron chi connectivity index (χ1n) is 7.32. The number of fused-ring (bicyclic) bond motifs is 1. The Balaban J connectivity index is 2.22. The number of carbonyl (C=O) groups excluding carboxylic acids is 2. The SMILES string of the molecule is COC(=O)C1=C(C(=O)OC)N(c2ccc3[nH][nH]c(=O)c3c2)C=CC=C1. The first kappa shape index (κ1) is 16.3. The van der Waals surface area contributed by atoms with Gasteiger partial charge in [-0.2, -0.15) is 0 Å². The van der Waals surface area contributed by atoms with Crippen LogP contribution in [0.3, 0.4) is 0 Å². The van der Waals surface area contributed by atoms with Crippen molar-refractivity contribution < 1.29 is 19.1 Å². The molecule has 2 heterocycles. The quantitative estimate of drug-likeness (QED) is 0.817. The second-order valence-electron chi connectivity index (χ2n) is 5.13. The highest BCUT2D eigenvalue weighted by atomic mass is 16.5. The van der Waals surface area contributed by atoms with E-state index >= 15 is 0 Å². The zero-order valence-corrected chi connectivity index (χ0v) is 13.5. The summed E-state index contributed by atoms with van der Waals surface area (Å²) in [6.07, 6.45) is 6.33. The molecule has 2 N–H and O–H groups in total. The fourth-order valence-electron chi connectivity index (χ4n) is 2.54. The van der Waals surface area contributed by atoms with E-state index in [0.717, 1.165) is 0 Å². The van der Waals surface area contributed by atoms with E-state index in [0.29, 0.717) is 16.6 Å². The summed E-state index contributed by atoms with van der Waals surface area (Å²) in [5.41, 5.74) is 0.889. The van der Waals surface area contributed by atoms with Crippen LogP contribution in [0.1, 0.15) is 0 Å². The first-order chi connectivity index (χ1) is 12.1. The molecule has 1 aliphatic rings. The van der Waals surface area contributed by atoms with Crippen molar-refractivity contribution in [3.8, 4) is 0 Å². The lowest BCUT2D eigenvalue weighted by Gasteiger charge is -2.23. The average molecular weight is 341 g/mol. The van der Waals surface area contributed by atoms with Crippen LogP contribution in [-0.2, 0) is 19.1 Å². The van der Waals surface area contributed by atoms with E-state index in [2.05, 4.69) is 10.2 Å². The van der Waals surface area contributed by atoms with Crippen molar-refractivity contribution in [3.63, 3.8) is 0 Å². The topological polar surface area (TPSA) is 104 Å². The number of hydrogen-bond donors (Lipinski definition) is 2. The van der Waals surface area contributed by atoms with Crippen molar-refractivity contribution in [2.75, 3.05) is 19.1 Å². The van der Waals surface area contributed by atoms with E-state index in [4.69, 9.17) is 9.47 Å². The Bertz CT molecular complexity index is 993. The summed E-state index contributed by atoms with van der Waals surface area (Å²) in [4.78, 5) is 37.8. The maximum atomic E-state index is 12.3. The monoisotopic (exact) mass is 341 g/mol. The Hall–Kier alpha value is -3.55. The minimum atomic E-state index is -0.709. The zero-order chi connectivity index (χ0) is 18.0. The molecule has 0 saturated carbocycles. The van der Waals surface area contributed by atoms with Crippen LogP contribution < -0.4 is 10.5 Å². The fourth-order valence-corrected chi connectivity index (χ4v) is 2.54. The molecule has 8 nitrogen and oxygen atoms in total. The van der Waals surface area contributed by atoms with E-state index in [1.165, 1.54) is 25.2 Å². The van der Waals surface area contributed by atoms with Gasteiger partial charge in [-0.3, -0.25) is 15.0 Å². The smallest absolute Gasteiger partial charge is 0.355 e. The number of ether oxygens (including phenoxy) is 2. The van der Waals surface area contributed by atoms with Gasteiger partial charge >= 0.3 is 11.9 Å². The summed E-state index contributed by atoms with van der Waals surface area (Å²) < 4.78 is 9.59. The number of nitrogens with one attached hydrogen (secondary N) is 2. The lowest BCUT2D eigenvalue weighted by Crippen LogP contribution is -2.27. The number of methoxy groups -OCH3 is 2. The van der Waals surface area contributed by atoms with Gasteiger partial charge < -0.3 is 14.4 Å². The molecule has 0 spiro atoms. The highest BCUT2D eigenvalue weighted by Crippen LogP contribution is 2.27. The van der Waals surface area contributed by atoms with Crippen molar-refractivity contribution in [1.82, 2.24) is 10.2 Å². The van der Waals surface area contributed by atoms with E-state index in [9.17, 15) is 14.4 Å². The Morgan fingerprint density at radius 2 is 1.80 bits per heavy atom. The van der Waals surface area contributed by atoms with Gasteiger partial charge in [0.2, 0.25) is 0 Å². The Labute approximate surface area is 142 Å². The maximum absolute atomic E-state index is 12.3. The van der Waals surface area contributed by atoms with Crippen molar-refractivity contribution in [2.24, 2.45) is 0 Å². The molecule has 0 atom stereocenters. The van der Waals surface area contributed by atoms with Crippen LogP contribution in [0.4, 0.5) is 5.69 Å².